The summed E-state index contributed by atoms with van der Waals surface area (Å²) in [5.74, 6) is -0.296. The highest BCUT2D eigenvalue weighted by molar-refractivity contribution is 5.94. The first-order valence-corrected chi connectivity index (χ1v) is 5.32. The van der Waals surface area contributed by atoms with Crippen LogP contribution in [-0.4, -0.2) is 41.8 Å². The number of rotatable bonds is 4. The maximum atomic E-state index is 11.3. The Bertz CT molecular complexity index is 304. The van der Waals surface area contributed by atoms with Crippen LogP contribution in [0.25, 0.3) is 0 Å². The van der Waals surface area contributed by atoms with Gasteiger partial charge in [-0.05, 0) is 26.3 Å². The van der Waals surface area contributed by atoms with Gasteiger partial charge in [-0.25, -0.2) is 4.79 Å². The van der Waals surface area contributed by atoms with Gasteiger partial charge in [0.25, 0.3) is 0 Å². The molecule has 1 aliphatic heterocycles. The fourth-order valence-corrected chi connectivity index (χ4v) is 2.03. The van der Waals surface area contributed by atoms with Gasteiger partial charge < -0.3 is 5.73 Å². The van der Waals surface area contributed by atoms with Crippen LogP contribution in [-0.2, 0) is 9.59 Å². The molecule has 0 aromatic carbocycles. The third kappa shape index (κ3) is 3.98. The van der Waals surface area contributed by atoms with Crippen molar-refractivity contribution >= 4 is 17.7 Å². The van der Waals surface area contributed by atoms with Crippen LogP contribution in [0.5, 0.6) is 0 Å². The number of ketones is 1. The van der Waals surface area contributed by atoms with Gasteiger partial charge in [0.2, 0.25) is 5.91 Å². The summed E-state index contributed by atoms with van der Waals surface area (Å²) < 4.78 is 0. The van der Waals surface area contributed by atoms with Gasteiger partial charge in [-0.1, -0.05) is 0 Å². The molecule has 3 N–H and O–H groups in total. The van der Waals surface area contributed by atoms with E-state index < -0.39 is 11.9 Å². The average Bonchev–Trinajstić information content (AvgIpc) is 2.50. The predicted octanol–water partition coefficient (Wildman–Crippen LogP) is -0.375. The van der Waals surface area contributed by atoms with Crippen molar-refractivity contribution in [2.75, 3.05) is 13.1 Å². The molecule has 1 fully saturated rings. The lowest BCUT2D eigenvalue weighted by molar-refractivity contribution is -0.123. The lowest BCUT2D eigenvalue weighted by atomic mass is 10.1. The normalized spacial score (nSPS) is 20.7. The van der Waals surface area contributed by atoms with Gasteiger partial charge in [0.05, 0.1) is 6.54 Å². The first-order valence-electron chi connectivity index (χ1n) is 5.32. The number of nitrogens with one attached hydrogen (secondary N) is 1. The summed E-state index contributed by atoms with van der Waals surface area (Å²) in [5, 5.41) is 2.02. The quantitative estimate of drug-likeness (QED) is 0.685. The van der Waals surface area contributed by atoms with E-state index in [9.17, 15) is 14.4 Å². The smallest absolute Gasteiger partial charge is 0.318 e. The molecule has 6 nitrogen and oxygen atoms in total. The molecule has 0 spiro atoms. The Kier molecular flexibility index (Phi) is 4.42. The number of likely N-dealkylation sites (tertiary alicyclic amines) is 1. The SMILES string of the molecule is CC(=O)CC1CCCN1CC(=O)NC(N)=O. The molecule has 6 heteroatoms. The minimum atomic E-state index is -0.840. The van der Waals surface area contributed by atoms with Gasteiger partial charge in [0.1, 0.15) is 5.78 Å². The minimum Gasteiger partial charge on any atom is -0.351 e. The molecule has 1 rings (SSSR count). The molecule has 3 amide bonds. The summed E-state index contributed by atoms with van der Waals surface area (Å²) in [6, 6.07) is -0.719. The molecule has 1 atom stereocenters. The van der Waals surface area contributed by atoms with Crippen molar-refractivity contribution in [3.8, 4) is 0 Å². The second kappa shape index (κ2) is 5.60. The number of nitrogens with two attached hydrogens (primary N) is 1. The molecular formula is C10H17N3O3. The van der Waals surface area contributed by atoms with Crippen LogP contribution in [0, 0.1) is 0 Å². The van der Waals surface area contributed by atoms with Crippen molar-refractivity contribution in [3.05, 3.63) is 0 Å². The summed E-state index contributed by atoms with van der Waals surface area (Å²) in [6.45, 7) is 2.45. The molecule has 0 radical (unpaired) electrons. The van der Waals surface area contributed by atoms with Crippen LogP contribution in [0.1, 0.15) is 26.2 Å². The standard InChI is InChI=1S/C10H17N3O3/c1-7(14)5-8-3-2-4-13(8)6-9(15)12-10(11)16/h8H,2-6H2,1H3,(H3,11,12,15,16). The maximum absolute atomic E-state index is 11.3. The second-order valence-corrected chi connectivity index (χ2v) is 4.09. The fourth-order valence-electron chi connectivity index (χ4n) is 2.03. The van der Waals surface area contributed by atoms with Gasteiger partial charge in [-0.3, -0.25) is 19.8 Å². The lowest BCUT2D eigenvalue weighted by Gasteiger charge is -2.22. The number of nitrogens with zero attached hydrogens (tertiary/aromatic N) is 1. The Morgan fingerprint density at radius 1 is 1.44 bits per heavy atom. The van der Waals surface area contributed by atoms with Crippen LogP contribution in [0.2, 0.25) is 0 Å². The molecule has 16 heavy (non-hydrogen) atoms. The molecule has 1 saturated heterocycles. The maximum Gasteiger partial charge on any atom is 0.318 e. The molecule has 1 aliphatic rings. The molecule has 1 unspecified atom stereocenters. The number of Topliss-reactive ketones (excluding diaryl/α,β-unsaturated/α-hetero) is 1. The third-order valence-electron chi connectivity index (χ3n) is 2.63. The minimum absolute atomic E-state index is 0.118. The number of urea groups is 1. The highest BCUT2D eigenvalue weighted by atomic mass is 16.2. The Morgan fingerprint density at radius 3 is 2.69 bits per heavy atom. The largest absolute Gasteiger partial charge is 0.351 e. The molecule has 0 aromatic heterocycles. The number of amides is 3. The number of carbonyl (C=O) groups excluding carboxylic acids is 3. The summed E-state index contributed by atoms with van der Waals surface area (Å²) in [6.07, 6.45) is 2.36. The Morgan fingerprint density at radius 2 is 2.12 bits per heavy atom. The summed E-state index contributed by atoms with van der Waals surface area (Å²) in [5.41, 5.74) is 4.84. The van der Waals surface area contributed by atoms with Crippen LogP contribution < -0.4 is 11.1 Å². The van der Waals surface area contributed by atoms with E-state index in [2.05, 4.69) is 0 Å². The van der Waals surface area contributed by atoms with Crippen molar-refractivity contribution in [2.45, 2.75) is 32.2 Å². The van der Waals surface area contributed by atoms with E-state index in [-0.39, 0.29) is 18.4 Å². The number of hydrogen-bond donors (Lipinski definition) is 2. The zero-order valence-electron chi connectivity index (χ0n) is 9.36. The van der Waals surface area contributed by atoms with Crippen LogP contribution >= 0.6 is 0 Å². The molecule has 90 valence electrons. The number of imide groups is 1. The topological polar surface area (TPSA) is 92.5 Å². The second-order valence-electron chi connectivity index (χ2n) is 4.09. The third-order valence-corrected chi connectivity index (χ3v) is 2.63. The van der Waals surface area contributed by atoms with Gasteiger partial charge in [-0.2, -0.15) is 0 Å². The summed E-state index contributed by atoms with van der Waals surface area (Å²) in [4.78, 5) is 34.7. The van der Waals surface area contributed by atoms with Crippen LogP contribution in [0.15, 0.2) is 0 Å². The fraction of sp³-hybridized carbons (Fsp3) is 0.700. The Labute approximate surface area is 94.2 Å². The van der Waals surface area contributed by atoms with Gasteiger partial charge in [-0.15, -0.1) is 0 Å². The Hall–Kier alpha value is -1.43. The number of hydrogen-bond acceptors (Lipinski definition) is 4. The van der Waals surface area contributed by atoms with Crippen molar-refractivity contribution in [1.82, 2.24) is 10.2 Å². The van der Waals surface area contributed by atoms with E-state index in [1.807, 2.05) is 10.2 Å². The zero-order chi connectivity index (χ0) is 12.1. The number of carbonyl (C=O) groups is 3. The van der Waals surface area contributed by atoms with Gasteiger partial charge in [0, 0.05) is 12.5 Å². The molecule has 0 aromatic rings. The predicted molar refractivity (Wildman–Crippen MR) is 57.6 cm³/mol. The van der Waals surface area contributed by atoms with E-state index in [0.29, 0.717) is 6.42 Å². The zero-order valence-corrected chi connectivity index (χ0v) is 9.36. The van der Waals surface area contributed by atoms with E-state index in [1.54, 1.807) is 6.92 Å². The van der Waals surface area contributed by atoms with Crippen molar-refractivity contribution in [1.29, 1.82) is 0 Å². The van der Waals surface area contributed by atoms with E-state index in [4.69, 9.17) is 5.73 Å². The van der Waals surface area contributed by atoms with Gasteiger partial charge in [0.15, 0.2) is 0 Å². The van der Waals surface area contributed by atoms with Crippen LogP contribution in [0.4, 0.5) is 4.79 Å². The Balaban J connectivity index is 2.43. The van der Waals surface area contributed by atoms with E-state index in [1.165, 1.54) is 0 Å². The monoisotopic (exact) mass is 227 g/mol. The molecule has 0 bridgehead atoms. The van der Waals surface area contributed by atoms with Crippen molar-refractivity contribution in [3.63, 3.8) is 0 Å². The van der Waals surface area contributed by atoms with Gasteiger partial charge >= 0.3 is 6.03 Å². The first kappa shape index (κ1) is 12.6. The number of primary amides is 1. The van der Waals surface area contributed by atoms with Crippen molar-refractivity contribution in [2.24, 2.45) is 5.73 Å². The highest BCUT2D eigenvalue weighted by Gasteiger charge is 2.27. The molecule has 0 saturated carbocycles. The highest BCUT2D eigenvalue weighted by Crippen LogP contribution is 2.19. The summed E-state index contributed by atoms with van der Waals surface area (Å²) in [7, 11) is 0. The van der Waals surface area contributed by atoms with E-state index >= 15 is 0 Å². The summed E-state index contributed by atoms with van der Waals surface area (Å²) >= 11 is 0. The average molecular weight is 227 g/mol. The van der Waals surface area contributed by atoms with Crippen molar-refractivity contribution < 1.29 is 14.4 Å². The molecular weight excluding hydrogens is 210 g/mol. The van der Waals surface area contributed by atoms with Crippen LogP contribution in [0.3, 0.4) is 0 Å². The lowest BCUT2D eigenvalue weighted by Crippen LogP contribution is -2.44. The van der Waals surface area contributed by atoms with E-state index in [0.717, 1.165) is 19.4 Å². The molecule has 0 aliphatic carbocycles. The first-order chi connectivity index (χ1) is 7.49. The molecule has 1 heterocycles.